The largest absolute Gasteiger partial charge is 0.412 e. The molecule has 28 heavy (non-hydrogen) atoms. The first kappa shape index (κ1) is 22.1. The van der Waals surface area contributed by atoms with Gasteiger partial charge in [0.2, 0.25) is 0 Å². The first-order valence-corrected chi connectivity index (χ1v) is 11.4. The Bertz CT molecular complexity index is 491. The summed E-state index contributed by atoms with van der Waals surface area (Å²) in [6, 6.07) is 0. The topological polar surface area (TPSA) is 9.23 Å². The predicted octanol–water partition coefficient (Wildman–Crippen LogP) is 7.61. The van der Waals surface area contributed by atoms with Gasteiger partial charge in [-0.2, -0.15) is 13.2 Å². The zero-order valence-corrected chi connectivity index (χ0v) is 17.2. The maximum atomic E-state index is 13.8. The molecule has 3 rings (SSSR count). The van der Waals surface area contributed by atoms with Crippen molar-refractivity contribution in [2.75, 3.05) is 6.61 Å². The van der Waals surface area contributed by atoms with E-state index in [9.17, 15) is 17.6 Å². The van der Waals surface area contributed by atoms with Gasteiger partial charge >= 0.3 is 6.18 Å². The highest BCUT2D eigenvalue weighted by Crippen LogP contribution is 2.44. The van der Waals surface area contributed by atoms with Crippen LogP contribution in [0.4, 0.5) is 17.6 Å². The van der Waals surface area contributed by atoms with E-state index in [4.69, 9.17) is 4.74 Å². The van der Waals surface area contributed by atoms with Gasteiger partial charge in [0.05, 0.1) is 12.2 Å². The van der Waals surface area contributed by atoms with Crippen LogP contribution in [0.15, 0.2) is 11.9 Å². The van der Waals surface area contributed by atoms with Crippen LogP contribution >= 0.6 is 0 Å². The number of hydrogen-bond acceptors (Lipinski definition) is 1. The van der Waals surface area contributed by atoms with Crippen LogP contribution in [0.1, 0.15) is 84.0 Å². The fourth-order valence-corrected chi connectivity index (χ4v) is 5.68. The summed E-state index contributed by atoms with van der Waals surface area (Å²) in [5, 5.41) is 0. The molecule has 1 aliphatic heterocycles. The van der Waals surface area contributed by atoms with E-state index >= 15 is 0 Å². The molecule has 2 unspecified atom stereocenters. The fraction of sp³-hybridized carbons (Fsp3) is 0.913. The summed E-state index contributed by atoms with van der Waals surface area (Å²) >= 11 is 0. The second-order valence-electron chi connectivity index (χ2n) is 9.68. The van der Waals surface area contributed by atoms with Crippen molar-refractivity contribution in [2.24, 2.45) is 29.6 Å². The third-order valence-corrected chi connectivity index (χ3v) is 7.52. The van der Waals surface area contributed by atoms with Crippen LogP contribution in [0, 0.1) is 29.6 Å². The van der Waals surface area contributed by atoms with Crippen molar-refractivity contribution in [1.29, 1.82) is 0 Å². The van der Waals surface area contributed by atoms with Gasteiger partial charge in [-0.25, -0.2) is 4.39 Å². The van der Waals surface area contributed by atoms with E-state index in [1.54, 1.807) is 0 Å². The van der Waals surface area contributed by atoms with Crippen LogP contribution in [0.3, 0.4) is 0 Å². The molecule has 2 aliphatic carbocycles. The molecular formula is C23H36F4O. The van der Waals surface area contributed by atoms with E-state index in [0.717, 1.165) is 25.4 Å². The molecule has 1 heterocycles. The summed E-state index contributed by atoms with van der Waals surface area (Å²) in [7, 11) is 0. The Kier molecular flexibility index (Phi) is 7.86. The van der Waals surface area contributed by atoms with Crippen LogP contribution in [0.25, 0.3) is 0 Å². The molecule has 3 aliphatic rings. The lowest BCUT2D eigenvalue weighted by atomic mass is 9.68. The van der Waals surface area contributed by atoms with E-state index in [2.05, 4.69) is 6.92 Å². The lowest BCUT2D eigenvalue weighted by molar-refractivity contribution is -0.0821. The van der Waals surface area contributed by atoms with Crippen LogP contribution in [-0.4, -0.2) is 18.9 Å². The van der Waals surface area contributed by atoms with Crippen LogP contribution < -0.4 is 0 Å². The number of rotatable bonds is 5. The minimum atomic E-state index is -4.54. The molecule has 0 aromatic carbocycles. The molecule has 0 aromatic rings. The number of alkyl halides is 3. The Labute approximate surface area is 167 Å². The van der Waals surface area contributed by atoms with E-state index in [1.165, 1.54) is 51.4 Å². The molecule has 0 spiro atoms. The summed E-state index contributed by atoms with van der Waals surface area (Å²) < 4.78 is 56.8. The quantitative estimate of drug-likeness (QED) is 0.428. The minimum Gasteiger partial charge on any atom is -0.378 e. The maximum Gasteiger partial charge on any atom is 0.412 e. The van der Waals surface area contributed by atoms with Crippen molar-refractivity contribution in [2.45, 2.75) is 96.3 Å². The number of halogens is 4. The fourth-order valence-electron chi connectivity index (χ4n) is 5.68. The molecule has 1 saturated heterocycles. The van der Waals surface area contributed by atoms with Crippen molar-refractivity contribution in [3.05, 3.63) is 11.9 Å². The van der Waals surface area contributed by atoms with Crippen molar-refractivity contribution in [3.8, 4) is 0 Å². The van der Waals surface area contributed by atoms with Gasteiger partial charge in [0.15, 0.2) is 0 Å². The molecule has 5 heteroatoms. The third kappa shape index (κ3) is 6.74. The molecule has 2 atom stereocenters. The van der Waals surface area contributed by atoms with Gasteiger partial charge in [0.1, 0.15) is 5.83 Å². The van der Waals surface area contributed by atoms with Gasteiger partial charge in [-0.3, -0.25) is 0 Å². The Morgan fingerprint density at radius 3 is 2.00 bits per heavy atom. The third-order valence-electron chi connectivity index (χ3n) is 7.52. The summed E-state index contributed by atoms with van der Waals surface area (Å²) in [6.07, 6.45) is 8.67. The van der Waals surface area contributed by atoms with Crippen LogP contribution in [-0.2, 0) is 4.74 Å². The van der Waals surface area contributed by atoms with Gasteiger partial charge in [0.25, 0.3) is 0 Å². The van der Waals surface area contributed by atoms with Gasteiger partial charge in [-0.05, 0) is 87.9 Å². The van der Waals surface area contributed by atoms with E-state index in [0.29, 0.717) is 36.7 Å². The van der Waals surface area contributed by atoms with E-state index in [-0.39, 0.29) is 6.08 Å². The number of allylic oxidation sites excluding steroid dienone is 2. The van der Waals surface area contributed by atoms with Crippen molar-refractivity contribution in [3.63, 3.8) is 0 Å². The SMILES string of the molecule is CC1CCC(CCC2CCC(C3CCC(/C(F)=C/C(F)(F)F)CC3)CC2)OC1. The van der Waals surface area contributed by atoms with Crippen molar-refractivity contribution < 1.29 is 22.3 Å². The first-order chi connectivity index (χ1) is 13.3. The normalized spacial score (nSPS) is 38.4. The van der Waals surface area contributed by atoms with E-state index < -0.39 is 17.9 Å². The lowest BCUT2D eigenvalue weighted by Gasteiger charge is -2.38. The zero-order chi connectivity index (χ0) is 20.1. The summed E-state index contributed by atoms with van der Waals surface area (Å²) in [5.41, 5.74) is 0. The van der Waals surface area contributed by atoms with Crippen molar-refractivity contribution >= 4 is 0 Å². The van der Waals surface area contributed by atoms with Gasteiger partial charge in [-0.1, -0.05) is 19.8 Å². The molecule has 3 fully saturated rings. The number of ether oxygens (including phenoxy) is 1. The average molecular weight is 405 g/mol. The molecule has 0 bridgehead atoms. The van der Waals surface area contributed by atoms with E-state index in [1.807, 2.05) is 0 Å². The highest BCUT2D eigenvalue weighted by Gasteiger charge is 2.34. The molecule has 0 aromatic heterocycles. The molecule has 2 saturated carbocycles. The molecule has 0 radical (unpaired) electrons. The second-order valence-corrected chi connectivity index (χ2v) is 9.68. The first-order valence-electron chi connectivity index (χ1n) is 11.4. The Morgan fingerprint density at radius 2 is 1.46 bits per heavy atom. The van der Waals surface area contributed by atoms with Gasteiger partial charge < -0.3 is 4.74 Å². The molecule has 162 valence electrons. The summed E-state index contributed by atoms with van der Waals surface area (Å²) in [6.45, 7) is 3.17. The molecule has 0 N–H and O–H groups in total. The Balaban J connectivity index is 1.34. The Hall–Kier alpha value is -0.580. The molecule has 1 nitrogen and oxygen atoms in total. The summed E-state index contributed by atoms with van der Waals surface area (Å²) in [5.74, 6) is 1.31. The highest BCUT2D eigenvalue weighted by atomic mass is 19.4. The molecule has 0 amide bonds. The molecular weight excluding hydrogens is 368 g/mol. The van der Waals surface area contributed by atoms with Crippen LogP contribution in [0.2, 0.25) is 0 Å². The zero-order valence-electron chi connectivity index (χ0n) is 17.2. The monoisotopic (exact) mass is 404 g/mol. The second kappa shape index (κ2) is 9.95. The number of hydrogen-bond donors (Lipinski definition) is 0. The highest BCUT2D eigenvalue weighted by molar-refractivity contribution is 5.03. The van der Waals surface area contributed by atoms with Gasteiger partial charge in [0, 0.05) is 12.5 Å². The smallest absolute Gasteiger partial charge is 0.378 e. The summed E-state index contributed by atoms with van der Waals surface area (Å²) in [4.78, 5) is 0. The van der Waals surface area contributed by atoms with Gasteiger partial charge in [-0.15, -0.1) is 0 Å². The predicted molar refractivity (Wildman–Crippen MR) is 104 cm³/mol. The van der Waals surface area contributed by atoms with Crippen molar-refractivity contribution in [1.82, 2.24) is 0 Å². The maximum absolute atomic E-state index is 13.8. The Morgan fingerprint density at radius 1 is 0.857 bits per heavy atom. The minimum absolute atomic E-state index is 0.139. The average Bonchev–Trinajstić information content (AvgIpc) is 2.67. The van der Waals surface area contributed by atoms with Crippen LogP contribution in [0.5, 0.6) is 0 Å². The lowest BCUT2D eigenvalue weighted by Crippen LogP contribution is -2.27. The standard InChI is InChI=1S/C23H36F4O/c1-16-2-12-21(28-15-16)13-5-17-3-6-18(7-4-17)19-8-10-20(11-9-19)22(24)14-23(25,26)27/h14,16-21H,2-13,15H2,1H3/b22-14-.